The van der Waals surface area contributed by atoms with Crippen LogP contribution >= 0.6 is 23.1 Å². The molecule has 0 aliphatic carbocycles. The van der Waals surface area contributed by atoms with Gasteiger partial charge in [0.2, 0.25) is 17.7 Å². The van der Waals surface area contributed by atoms with Gasteiger partial charge in [-0.3, -0.25) is 14.4 Å². The first-order valence-electron chi connectivity index (χ1n) is 8.77. The van der Waals surface area contributed by atoms with Crippen LogP contribution in [0, 0.1) is 0 Å². The lowest BCUT2D eigenvalue weighted by atomic mass is 10.3. The minimum absolute atomic E-state index is 0.0331. The number of thioether (sulfide) groups is 1. The highest BCUT2D eigenvalue weighted by atomic mass is 32.2. The maximum Gasteiger partial charge on any atom is 0.264 e. The molecule has 1 N–H and O–H groups in total. The Morgan fingerprint density at radius 1 is 1.17 bits per heavy atom. The predicted molar refractivity (Wildman–Crippen MR) is 114 cm³/mol. The molecule has 3 amide bonds. The molecule has 0 saturated carbocycles. The van der Waals surface area contributed by atoms with Crippen molar-refractivity contribution in [3.63, 3.8) is 0 Å². The molecule has 4 rings (SSSR count). The normalized spacial score (nSPS) is 17.0. The number of carbonyl (C=O) groups is 3. The summed E-state index contributed by atoms with van der Waals surface area (Å²) in [6.45, 7) is 1.09. The van der Waals surface area contributed by atoms with E-state index < -0.39 is 21.2 Å². The summed E-state index contributed by atoms with van der Waals surface area (Å²) in [6.07, 6.45) is 0.0331. The van der Waals surface area contributed by atoms with Gasteiger partial charge < -0.3 is 0 Å². The molecule has 1 saturated heterocycles. The second-order valence-corrected chi connectivity index (χ2v) is 10.6. The topological polar surface area (TPSA) is 114 Å². The van der Waals surface area contributed by atoms with Crippen molar-refractivity contribution in [2.75, 3.05) is 4.90 Å². The van der Waals surface area contributed by atoms with Gasteiger partial charge in [0.1, 0.15) is 5.25 Å². The van der Waals surface area contributed by atoms with Gasteiger partial charge in [0.25, 0.3) is 10.0 Å². The number of nitrogens with one attached hydrogen (secondary N) is 1. The highest BCUT2D eigenvalue weighted by Gasteiger charge is 2.40. The summed E-state index contributed by atoms with van der Waals surface area (Å²) >= 11 is 2.72. The smallest absolute Gasteiger partial charge is 0.264 e. The highest BCUT2D eigenvalue weighted by Crippen LogP contribution is 2.37. The van der Waals surface area contributed by atoms with Crippen LogP contribution in [0.1, 0.15) is 13.3 Å². The number of imide groups is 1. The molecule has 3 aromatic rings. The molecule has 1 aromatic heterocycles. The van der Waals surface area contributed by atoms with Crippen molar-refractivity contribution in [2.45, 2.75) is 27.8 Å². The number of hydrogen-bond acceptors (Lipinski definition) is 8. The first-order chi connectivity index (χ1) is 14.2. The number of nitrogens with zero attached hydrogens (tertiary/aromatic N) is 2. The molecule has 11 heteroatoms. The van der Waals surface area contributed by atoms with Crippen LogP contribution in [0.4, 0.5) is 5.69 Å². The zero-order chi connectivity index (χ0) is 21.5. The quantitative estimate of drug-likeness (QED) is 0.581. The average molecular weight is 462 g/mol. The van der Waals surface area contributed by atoms with E-state index in [0.717, 1.165) is 22.0 Å². The van der Waals surface area contributed by atoms with E-state index >= 15 is 0 Å². The van der Waals surface area contributed by atoms with Crippen LogP contribution in [0.25, 0.3) is 10.2 Å². The van der Waals surface area contributed by atoms with E-state index in [1.165, 1.54) is 47.4 Å². The van der Waals surface area contributed by atoms with Crippen molar-refractivity contribution < 1.29 is 22.8 Å². The van der Waals surface area contributed by atoms with Gasteiger partial charge in [-0.15, -0.1) is 11.3 Å². The minimum Gasteiger partial charge on any atom is -0.274 e. The third kappa shape index (κ3) is 3.95. The largest absolute Gasteiger partial charge is 0.274 e. The van der Waals surface area contributed by atoms with Gasteiger partial charge in [-0.25, -0.2) is 23.0 Å². The zero-order valence-electron chi connectivity index (χ0n) is 15.6. The van der Waals surface area contributed by atoms with E-state index in [0.29, 0.717) is 4.34 Å². The fourth-order valence-corrected chi connectivity index (χ4v) is 6.34. The molecule has 1 fully saturated rings. The first-order valence-corrected chi connectivity index (χ1v) is 11.9. The predicted octanol–water partition coefficient (Wildman–Crippen LogP) is 2.55. The van der Waals surface area contributed by atoms with Gasteiger partial charge in [0, 0.05) is 13.3 Å². The summed E-state index contributed by atoms with van der Waals surface area (Å²) in [5, 5.41) is -0.596. The zero-order valence-corrected chi connectivity index (χ0v) is 18.0. The van der Waals surface area contributed by atoms with Gasteiger partial charge in [-0.05, 0) is 36.4 Å². The summed E-state index contributed by atoms with van der Waals surface area (Å²) in [6, 6.07) is 12.9. The van der Waals surface area contributed by atoms with Crippen LogP contribution in [0.15, 0.2) is 57.8 Å². The lowest BCUT2D eigenvalue weighted by molar-refractivity contribution is -0.121. The van der Waals surface area contributed by atoms with Gasteiger partial charge in [-0.1, -0.05) is 23.9 Å². The van der Waals surface area contributed by atoms with Crippen LogP contribution in [0.3, 0.4) is 0 Å². The number of sulfonamides is 1. The van der Waals surface area contributed by atoms with Gasteiger partial charge in [-0.2, -0.15) is 0 Å². The molecule has 0 radical (unpaired) electrons. The standard InChI is InChI=1S/C19H15N3O5S3/c1-11(23)21-30(26,27)13-8-6-12(7-9-13)22-17(24)10-16(18(22)25)29-19-20-14-4-2-3-5-15(14)28-19/h2-9,16H,10H2,1H3,(H,21,23). The fraction of sp³-hybridized carbons (Fsp3) is 0.158. The lowest BCUT2D eigenvalue weighted by Crippen LogP contribution is -2.31. The molecule has 1 unspecified atom stereocenters. The van der Waals surface area contributed by atoms with Crippen LogP contribution in [0.2, 0.25) is 0 Å². The SMILES string of the molecule is CC(=O)NS(=O)(=O)c1ccc(N2C(=O)CC(Sc3nc4ccccc4s3)C2=O)cc1. The molecule has 0 spiro atoms. The van der Waals surface area contributed by atoms with Crippen LogP contribution in [0.5, 0.6) is 0 Å². The Hall–Kier alpha value is -2.76. The summed E-state index contributed by atoms with van der Waals surface area (Å²) < 4.78 is 27.7. The number of para-hydroxylation sites is 1. The number of rotatable bonds is 5. The maximum absolute atomic E-state index is 12.8. The second-order valence-electron chi connectivity index (χ2n) is 6.48. The molecule has 30 heavy (non-hydrogen) atoms. The van der Waals surface area contributed by atoms with E-state index in [-0.39, 0.29) is 28.8 Å². The van der Waals surface area contributed by atoms with Gasteiger partial charge in [0.15, 0.2) is 4.34 Å². The summed E-state index contributed by atoms with van der Waals surface area (Å²) in [4.78, 5) is 41.8. The summed E-state index contributed by atoms with van der Waals surface area (Å²) in [7, 11) is -3.99. The number of thiazole rings is 1. The third-order valence-electron chi connectivity index (χ3n) is 4.31. The molecule has 0 bridgehead atoms. The Labute approximate surface area is 180 Å². The monoisotopic (exact) mass is 461 g/mol. The van der Waals surface area contributed by atoms with E-state index in [1.54, 1.807) is 0 Å². The average Bonchev–Trinajstić information content (AvgIpc) is 3.21. The first kappa shape index (κ1) is 20.5. The molecule has 1 aliphatic rings. The Bertz CT molecular complexity index is 1240. The molecular weight excluding hydrogens is 446 g/mol. The molecule has 8 nitrogen and oxygen atoms in total. The van der Waals surface area contributed by atoms with Crippen molar-refractivity contribution in [1.29, 1.82) is 0 Å². The number of benzene rings is 2. The van der Waals surface area contributed by atoms with Gasteiger partial charge in [0.05, 0.1) is 20.8 Å². The number of amides is 3. The fourth-order valence-electron chi connectivity index (χ4n) is 3.01. The lowest BCUT2D eigenvalue weighted by Gasteiger charge is -2.15. The molecule has 1 aliphatic heterocycles. The highest BCUT2D eigenvalue weighted by molar-refractivity contribution is 8.02. The van der Waals surface area contributed by atoms with Crippen molar-refractivity contribution in [3.8, 4) is 0 Å². The number of fused-ring (bicyclic) bond motifs is 1. The van der Waals surface area contributed by atoms with E-state index in [9.17, 15) is 22.8 Å². The number of anilines is 1. The second kappa shape index (κ2) is 7.82. The molecule has 2 heterocycles. The van der Waals surface area contributed by atoms with Crippen molar-refractivity contribution in [2.24, 2.45) is 0 Å². The molecule has 1 atom stereocenters. The van der Waals surface area contributed by atoms with Crippen LogP contribution < -0.4 is 9.62 Å². The van der Waals surface area contributed by atoms with Crippen LogP contribution in [-0.2, 0) is 24.4 Å². The van der Waals surface area contributed by atoms with Crippen molar-refractivity contribution in [3.05, 3.63) is 48.5 Å². The van der Waals surface area contributed by atoms with Gasteiger partial charge >= 0.3 is 0 Å². The van der Waals surface area contributed by atoms with E-state index in [4.69, 9.17) is 0 Å². The Morgan fingerprint density at radius 2 is 1.87 bits per heavy atom. The van der Waals surface area contributed by atoms with E-state index in [2.05, 4.69) is 4.98 Å². The Balaban J connectivity index is 1.53. The number of aromatic nitrogens is 1. The van der Waals surface area contributed by atoms with Crippen molar-refractivity contribution in [1.82, 2.24) is 9.71 Å². The Kier molecular flexibility index (Phi) is 5.35. The third-order valence-corrected chi connectivity index (χ3v) is 8.07. The van der Waals surface area contributed by atoms with Crippen molar-refractivity contribution >= 4 is 66.7 Å². The minimum atomic E-state index is -3.99. The van der Waals surface area contributed by atoms with E-state index in [1.807, 2.05) is 29.0 Å². The van der Waals surface area contributed by atoms with Crippen LogP contribution in [-0.4, -0.2) is 36.4 Å². The summed E-state index contributed by atoms with van der Waals surface area (Å²) in [5.41, 5.74) is 1.12. The Morgan fingerprint density at radius 3 is 2.53 bits per heavy atom. The molecule has 2 aromatic carbocycles. The number of hydrogen-bond donors (Lipinski definition) is 1. The number of carbonyl (C=O) groups excluding carboxylic acids is 3. The molecular formula is C19H15N3O5S3. The summed E-state index contributed by atoms with van der Waals surface area (Å²) in [5.74, 6) is -1.45. The molecule has 154 valence electrons. The maximum atomic E-state index is 12.8.